The Morgan fingerprint density at radius 2 is 0.622 bits per heavy atom. The minimum Gasteiger partial charge on any atom is -0.309 e. The lowest BCUT2D eigenvalue weighted by Gasteiger charge is -2.16. The van der Waals surface area contributed by atoms with Crippen molar-refractivity contribution in [2.45, 2.75) is 0 Å². The van der Waals surface area contributed by atoms with Gasteiger partial charge in [-0.3, -0.25) is 0 Å². The van der Waals surface area contributed by atoms with Crippen LogP contribution in [0.25, 0.3) is 133 Å². The Labute approximate surface area is 430 Å². The van der Waals surface area contributed by atoms with Crippen molar-refractivity contribution in [1.29, 1.82) is 0 Å². The van der Waals surface area contributed by atoms with Crippen LogP contribution in [0.2, 0.25) is 0 Å². The summed E-state index contributed by atoms with van der Waals surface area (Å²) in [6.45, 7) is 0. The summed E-state index contributed by atoms with van der Waals surface area (Å²) in [4.78, 5) is 0. The molecule has 0 aliphatic heterocycles. The zero-order valence-corrected chi connectivity index (χ0v) is 40.5. The molecule has 74 heavy (non-hydrogen) atoms. The molecule has 14 rings (SSSR count). The van der Waals surface area contributed by atoms with Gasteiger partial charge in [0.1, 0.15) is 0 Å². The van der Waals surface area contributed by atoms with E-state index in [1.807, 2.05) is 0 Å². The molecule has 0 unspecified atom stereocenters. The number of rotatable bonds is 9. The van der Waals surface area contributed by atoms with E-state index in [0.717, 1.165) is 39.5 Å². The van der Waals surface area contributed by atoms with Gasteiger partial charge in [0.05, 0.1) is 28.1 Å². The summed E-state index contributed by atoms with van der Waals surface area (Å²) in [5, 5.41) is 12.9. The van der Waals surface area contributed by atoms with E-state index in [0.29, 0.717) is 0 Å². The fourth-order valence-corrected chi connectivity index (χ4v) is 11.0. The topological polar surface area (TPSA) is 22.8 Å². The minimum absolute atomic E-state index is 0.915. The molecule has 0 radical (unpaired) electrons. The maximum Gasteiger partial charge on any atom is 0.0934 e. The van der Waals surface area contributed by atoms with Gasteiger partial charge in [0, 0.05) is 27.6 Å². The van der Waals surface area contributed by atoms with Gasteiger partial charge in [0.2, 0.25) is 0 Å². The van der Waals surface area contributed by atoms with Crippen LogP contribution in [0, 0.1) is 0 Å². The molecule has 0 N–H and O–H groups in total. The third-order valence-electron chi connectivity index (χ3n) is 14.8. The van der Waals surface area contributed by atoms with Crippen LogP contribution in [0.4, 0.5) is 0 Å². The molecule has 2 heterocycles. The Morgan fingerprint density at radius 3 is 1.14 bits per heavy atom. The summed E-state index contributed by atoms with van der Waals surface area (Å²) in [7, 11) is 0. The number of nitrogens with zero attached hydrogens (tertiary/aromatic N) is 3. The van der Waals surface area contributed by atoms with Crippen LogP contribution >= 0.6 is 0 Å². The van der Waals surface area contributed by atoms with Gasteiger partial charge in [-0.15, -0.1) is 0 Å². The average Bonchev–Trinajstić information content (AvgIpc) is 4.09. The number of benzene rings is 12. The molecule has 0 amide bonds. The summed E-state index contributed by atoms with van der Waals surface area (Å²) < 4.78 is 4.48. The molecule has 346 valence electrons. The first kappa shape index (κ1) is 43.0. The number of hydrogen-bond donors (Lipinski definition) is 0. The van der Waals surface area contributed by atoms with E-state index in [2.05, 4.69) is 294 Å². The Bertz CT molecular complexity index is 4330. The van der Waals surface area contributed by atoms with Crippen molar-refractivity contribution >= 4 is 43.4 Å². The van der Waals surface area contributed by atoms with E-state index in [9.17, 15) is 0 Å². The van der Waals surface area contributed by atoms with Crippen LogP contribution in [0.15, 0.2) is 285 Å². The molecule has 3 nitrogen and oxygen atoms in total. The number of para-hydroxylation sites is 2. The number of aromatic nitrogens is 3. The summed E-state index contributed by atoms with van der Waals surface area (Å²) >= 11 is 0. The maximum atomic E-state index is 5.37. The second-order valence-corrected chi connectivity index (χ2v) is 19.2. The zero-order valence-electron chi connectivity index (χ0n) is 40.5. The first-order valence-electron chi connectivity index (χ1n) is 25.3. The number of hydrogen-bond acceptors (Lipinski definition) is 1. The normalized spacial score (nSPS) is 11.5. The van der Waals surface area contributed by atoms with Gasteiger partial charge in [0.15, 0.2) is 0 Å². The van der Waals surface area contributed by atoms with Crippen molar-refractivity contribution < 1.29 is 0 Å². The lowest BCUT2D eigenvalue weighted by Crippen LogP contribution is -1.99. The summed E-state index contributed by atoms with van der Waals surface area (Å²) in [5.41, 5.74) is 20.4. The average molecular weight is 942 g/mol. The standard InChI is InChI=1S/C71H47N3/c1-3-15-56-45-58(35-29-48(56)13-1)50-25-31-54(32-26-50)68-47-71(55-33-27-51(28-34-55)59-36-30-49-14-2-4-16-57(49)46-59)74(72-68)61-43-39-53(40-44-61)63-18-6-8-20-65(63)64-19-7-5-17-62(64)52-37-41-60(42-38-52)73-69-23-11-9-21-66(69)67-22-10-12-24-70(67)73/h1-47H. The highest BCUT2D eigenvalue weighted by Gasteiger charge is 2.18. The van der Waals surface area contributed by atoms with E-state index >= 15 is 0 Å². The Hall–Kier alpha value is -9.83. The molecule has 0 saturated carbocycles. The summed E-state index contributed by atoms with van der Waals surface area (Å²) in [5.74, 6) is 0. The summed E-state index contributed by atoms with van der Waals surface area (Å²) in [6.07, 6.45) is 0. The predicted octanol–water partition coefficient (Wildman–Crippen LogP) is 18.9. The molecule has 0 spiro atoms. The van der Waals surface area contributed by atoms with E-state index in [-0.39, 0.29) is 0 Å². The molecule has 14 aromatic rings. The molecule has 0 aliphatic rings. The van der Waals surface area contributed by atoms with Crippen molar-refractivity contribution in [2.24, 2.45) is 0 Å². The zero-order chi connectivity index (χ0) is 49.0. The van der Waals surface area contributed by atoms with Crippen molar-refractivity contribution in [3.8, 4) is 89.5 Å². The Kier molecular flexibility index (Phi) is 10.5. The van der Waals surface area contributed by atoms with Crippen LogP contribution in [0.1, 0.15) is 0 Å². The van der Waals surface area contributed by atoms with Crippen LogP contribution in [-0.2, 0) is 0 Å². The molecular formula is C71H47N3. The first-order valence-corrected chi connectivity index (χ1v) is 25.3. The van der Waals surface area contributed by atoms with Crippen LogP contribution in [-0.4, -0.2) is 14.3 Å². The third kappa shape index (κ3) is 7.67. The predicted molar refractivity (Wildman–Crippen MR) is 311 cm³/mol. The van der Waals surface area contributed by atoms with Crippen molar-refractivity contribution in [2.75, 3.05) is 0 Å². The molecule has 3 heteroatoms. The maximum absolute atomic E-state index is 5.37. The fourth-order valence-electron chi connectivity index (χ4n) is 11.0. The largest absolute Gasteiger partial charge is 0.309 e. The Balaban J connectivity index is 0.808. The van der Waals surface area contributed by atoms with E-state index in [4.69, 9.17) is 5.10 Å². The third-order valence-corrected chi connectivity index (χ3v) is 14.8. The highest BCUT2D eigenvalue weighted by molar-refractivity contribution is 6.09. The van der Waals surface area contributed by atoms with Gasteiger partial charge < -0.3 is 4.57 Å². The lowest BCUT2D eigenvalue weighted by molar-refractivity contribution is 0.892. The lowest BCUT2D eigenvalue weighted by atomic mass is 9.89. The Morgan fingerprint density at radius 1 is 0.243 bits per heavy atom. The van der Waals surface area contributed by atoms with Gasteiger partial charge >= 0.3 is 0 Å². The minimum atomic E-state index is 0.915. The van der Waals surface area contributed by atoms with E-state index in [1.54, 1.807) is 0 Å². The molecule has 0 bridgehead atoms. The molecule has 12 aromatic carbocycles. The quantitative estimate of drug-likeness (QED) is 0.141. The van der Waals surface area contributed by atoms with Gasteiger partial charge in [-0.2, -0.15) is 5.10 Å². The SMILES string of the molecule is c1ccc(-c2ccccc2-c2ccc(-n3c4ccccc4c4ccccc43)cc2)c(-c2ccc(-n3nc(-c4ccc(-c5ccc6ccccc6c5)cc4)cc3-c3ccc(-c4ccc5ccccc5c4)cc3)cc2)c1. The second kappa shape index (κ2) is 18.1. The highest BCUT2D eigenvalue weighted by Crippen LogP contribution is 2.40. The summed E-state index contributed by atoms with van der Waals surface area (Å²) in [6, 6.07) is 103. The molecule has 0 saturated heterocycles. The number of fused-ring (bicyclic) bond motifs is 5. The van der Waals surface area contributed by atoms with Crippen molar-refractivity contribution in [3.05, 3.63) is 285 Å². The molecule has 0 fully saturated rings. The van der Waals surface area contributed by atoms with Gasteiger partial charge in [0.25, 0.3) is 0 Å². The van der Waals surface area contributed by atoms with Gasteiger partial charge in [-0.05, 0) is 132 Å². The monoisotopic (exact) mass is 941 g/mol. The molecule has 2 aromatic heterocycles. The van der Waals surface area contributed by atoms with Crippen molar-refractivity contribution in [1.82, 2.24) is 14.3 Å². The van der Waals surface area contributed by atoms with E-state index in [1.165, 1.54) is 93.4 Å². The molecule has 0 atom stereocenters. The van der Waals surface area contributed by atoms with Gasteiger partial charge in [-0.25, -0.2) is 4.68 Å². The molecule has 0 aliphatic carbocycles. The smallest absolute Gasteiger partial charge is 0.0934 e. The highest BCUT2D eigenvalue weighted by atomic mass is 15.3. The first-order chi connectivity index (χ1) is 36.7. The fraction of sp³-hybridized carbons (Fsp3) is 0. The molecular weight excluding hydrogens is 895 g/mol. The van der Waals surface area contributed by atoms with Crippen LogP contribution < -0.4 is 0 Å². The second-order valence-electron chi connectivity index (χ2n) is 19.2. The van der Waals surface area contributed by atoms with Gasteiger partial charge in [-0.1, -0.05) is 231 Å². The van der Waals surface area contributed by atoms with Crippen LogP contribution in [0.5, 0.6) is 0 Å². The van der Waals surface area contributed by atoms with E-state index < -0.39 is 0 Å². The van der Waals surface area contributed by atoms with Crippen LogP contribution in [0.3, 0.4) is 0 Å². The van der Waals surface area contributed by atoms with Crippen molar-refractivity contribution in [3.63, 3.8) is 0 Å².